The van der Waals surface area contributed by atoms with Crippen LogP contribution in [-0.2, 0) is 6.42 Å². The predicted octanol–water partition coefficient (Wildman–Crippen LogP) is 2.61. The molecule has 2 aromatic rings. The summed E-state index contributed by atoms with van der Waals surface area (Å²) in [6.07, 6.45) is 0.823. The highest BCUT2D eigenvalue weighted by atomic mass is 16.5. The van der Waals surface area contributed by atoms with Crippen LogP contribution in [0.1, 0.15) is 18.2 Å². The first-order valence-electron chi connectivity index (χ1n) is 6.46. The molecule has 0 amide bonds. The van der Waals surface area contributed by atoms with Gasteiger partial charge in [0.1, 0.15) is 5.82 Å². The van der Waals surface area contributed by atoms with Crippen molar-refractivity contribution < 1.29 is 9.47 Å². The van der Waals surface area contributed by atoms with Gasteiger partial charge in [0.15, 0.2) is 17.3 Å². The highest BCUT2D eigenvalue weighted by molar-refractivity contribution is 5.63. The highest BCUT2D eigenvalue weighted by Crippen LogP contribution is 2.31. The van der Waals surface area contributed by atoms with Crippen molar-refractivity contribution in [2.45, 2.75) is 20.3 Å². The van der Waals surface area contributed by atoms with E-state index in [9.17, 15) is 0 Å². The summed E-state index contributed by atoms with van der Waals surface area (Å²) in [5.74, 6) is 2.44. The third kappa shape index (κ3) is 2.52. The van der Waals surface area contributed by atoms with Gasteiger partial charge in [0, 0.05) is 16.8 Å². The molecule has 0 aliphatic rings. The maximum Gasteiger partial charge on any atom is 0.161 e. The Morgan fingerprint density at radius 2 is 1.80 bits per heavy atom. The monoisotopic (exact) mass is 273 g/mol. The van der Waals surface area contributed by atoms with E-state index in [0.29, 0.717) is 23.1 Å². The van der Waals surface area contributed by atoms with Crippen LogP contribution in [0.5, 0.6) is 11.5 Å². The van der Waals surface area contributed by atoms with Gasteiger partial charge in [-0.3, -0.25) is 0 Å². The Morgan fingerprint density at radius 3 is 2.35 bits per heavy atom. The number of nitrogen functional groups attached to an aromatic ring is 1. The fraction of sp³-hybridized carbons (Fsp3) is 0.333. The van der Waals surface area contributed by atoms with Gasteiger partial charge in [0.2, 0.25) is 0 Å². The van der Waals surface area contributed by atoms with Crippen molar-refractivity contribution in [3.63, 3.8) is 0 Å². The zero-order chi connectivity index (χ0) is 14.7. The summed E-state index contributed by atoms with van der Waals surface area (Å²) in [7, 11) is 3.20. The molecule has 20 heavy (non-hydrogen) atoms. The average molecular weight is 273 g/mol. The molecule has 2 rings (SSSR count). The molecule has 0 fully saturated rings. The lowest BCUT2D eigenvalue weighted by Gasteiger charge is -2.11. The first-order valence-corrected chi connectivity index (χ1v) is 6.46. The molecule has 5 heteroatoms. The Hall–Kier alpha value is -2.30. The van der Waals surface area contributed by atoms with Crippen molar-refractivity contribution in [3.8, 4) is 22.9 Å². The standard InChI is InChI=1S/C15H19N3O2/c1-5-11-9(2)17-15(18-14(11)16)10-6-7-12(19-3)13(8-10)20-4/h6-8H,5H2,1-4H3,(H2,16,17,18). The Balaban J connectivity index is 2.51. The normalized spacial score (nSPS) is 10.4. The van der Waals surface area contributed by atoms with E-state index < -0.39 is 0 Å². The Bertz CT molecular complexity index is 604. The second-order valence-electron chi connectivity index (χ2n) is 4.42. The van der Waals surface area contributed by atoms with E-state index in [1.807, 2.05) is 32.0 Å². The first-order chi connectivity index (χ1) is 9.60. The number of ether oxygens (including phenoxy) is 2. The van der Waals surface area contributed by atoms with Crippen molar-refractivity contribution >= 4 is 5.82 Å². The number of aromatic nitrogens is 2. The molecule has 0 radical (unpaired) electrons. The van der Waals surface area contributed by atoms with Crippen LogP contribution < -0.4 is 15.2 Å². The number of methoxy groups -OCH3 is 2. The molecule has 0 aliphatic carbocycles. The van der Waals surface area contributed by atoms with Crippen LogP contribution in [0.2, 0.25) is 0 Å². The fourth-order valence-corrected chi connectivity index (χ4v) is 2.16. The molecule has 0 saturated heterocycles. The third-order valence-electron chi connectivity index (χ3n) is 3.24. The van der Waals surface area contributed by atoms with E-state index in [4.69, 9.17) is 15.2 Å². The lowest BCUT2D eigenvalue weighted by atomic mass is 10.1. The highest BCUT2D eigenvalue weighted by Gasteiger charge is 2.12. The lowest BCUT2D eigenvalue weighted by Crippen LogP contribution is -2.04. The van der Waals surface area contributed by atoms with Crippen LogP contribution in [-0.4, -0.2) is 24.2 Å². The topological polar surface area (TPSA) is 70.3 Å². The van der Waals surface area contributed by atoms with E-state index in [1.165, 1.54) is 0 Å². The van der Waals surface area contributed by atoms with Gasteiger partial charge in [-0.1, -0.05) is 6.92 Å². The second kappa shape index (κ2) is 5.77. The number of rotatable bonds is 4. The molecule has 106 valence electrons. The number of benzene rings is 1. The largest absolute Gasteiger partial charge is 0.493 e. The number of hydrogen-bond acceptors (Lipinski definition) is 5. The zero-order valence-corrected chi connectivity index (χ0v) is 12.2. The number of nitrogens with zero attached hydrogens (tertiary/aromatic N) is 2. The van der Waals surface area contributed by atoms with Gasteiger partial charge in [-0.15, -0.1) is 0 Å². The van der Waals surface area contributed by atoms with Crippen LogP contribution in [0.15, 0.2) is 18.2 Å². The molecule has 0 spiro atoms. The number of anilines is 1. The number of hydrogen-bond donors (Lipinski definition) is 1. The van der Waals surface area contributed by atoms with Crippen LogP contribution in [0.25, 0.3) is 11.4 Å². The van der Waals surface area contributed by atoms with Gasteiger partial charge in [0.05, 0.1) is 14.2 Å². The second-order valence-corrected chi connectivity index (χ2v) is 4.42. The molecular formula is C15H19N3O2. The van der Waals surface area contributed by atoms with Crippen molar-refractivity contribution in [3.05, 3.63) is 29.5 Å². The molecule has 1 aromatic heterocycles. The van der Waals surface area contributed by atoms with Crippen molar-refractivity contribution in [1.82, 2.24) is 9.97 Å². The Morgan fingerprint density at radius 1 is 1.10 bits per heavy atom. The third-order valence-corrected chi connectivity index (χ3v) is 3.24. The molecule has 1 aromatic carbocycles. The SMILES string of the molecule is CCc1c(C)nc(-c2ccc(OC)c(OC)c2)nc1N. The minimum atomic E-state index is 0.532. The summed E-state index contributed by atoms with van der Waals surface area (Å²) in [5.41, 5.74) is 8.74. The molecule has 5 nitrogen and oxygen atoms in total. The van der Waals surface area contributed by atoms with E-state index in [1.54, 1.807) is 14.2 Å². The van der Waals surface area contributed by atoms with E-state index in [0.717, 1.165) is 23.2 Å². The van der Waals surface area contributed by atoms with Crippen molar-refractivity contribution in [1.29, 1.82) is 0 Å². The molecule has 0 bridgehead atoms. The number of aryl methyl sites for hydroxylation is 1. The molecule has 0 unspecified atom stereocenters. The molecule has 2 N–H and O–H groups in total. The van der Waals surface area contributed by atoms with Gasteiger partial charge >= 0.3 is 0 Å². The maximum absolute atomic E-state index is 5.99. The summed E-state index contributed by atoms with van der Waals surface area (Å²) in [6, 6.07) is 5.57. The summed E-state index contributed by atoms with van der Waals surface area (Å²) < 4.78 is 10.5. The molecule has 1 heterocycles. The average Bonchev–Trinajstić information content (AvgIpc) is 2.46. The molecule has 0 aliphatic heterocycles. The fourth-order valence-electron chi connectivity index (χ4n) is 2.16. The van der Waals surface area contributed by atoms with Crippen molar-refractivity contribution in [2.75, 3.05) is 20.0 Å². The first kappa shape index (κ1) is 14.1. The number of nitrogens with two attached hydrogens (primary N) is 1. The van der Waals surface area contributed by atoms with Gasteiger partial charge < -0.3 is 15.2 Å². The Labute approximate surface area is 118 Å². The van der Waals surface area contributed by atoms with Gasteiger partial charge in [-0.05, 0) is 31.5 Å². The van der Waals surface area contributed by atoms with Crippen LogP contribution in [0.4, 0.5) is 5.82 Å². The van der Waals surface area contributed by atoms with Gasteiger partial charge in [-0.2, -0.15) is 0 Å². The summed E-state index contributed by atoms with van der Waals surface area (Å²) in [5, 5.41) is 0. The van der Waals surface area contributed by atoms with E-state index >= 15 is 0 Å². The van der Waals surface area contributed by atoms with E-state index in [-0.39, 0.29) is 0 Å². The summed E-state index contributed by atoms with van der Waals surface area (Å²) in [6.45, 7) is 3.99. The quantitative estimate of drug-likeness (QED) is 0.927. The van der Waals surface area contributed by atoms with Gasteiger partial charge in [-0.25, -0.2) is 9.97 Å². The maximum atomic E-state index is 5.99. The van der Waals surface area contributed by atoms with Gasteiger partial charge in [0.25, 0.3) is 0 Å². The minimum absolute atomic E-state index is 0.532. The minimum Gasteiger partial charge on any atom is -0.493 e. The van der Waals surface area contributed by atoms with Crippen LogP contribution in [0.3, 0.4) is 0 Å². The smallest absolute Gasteiger partial charge is 0.161 e. The van der Waals surface area contributed by atoms with Crippen molar-refractivity contribution in [2.24, 2.45) is 0 Å². The summed E-state index contributed by atoms with van der Waals surface area (Å²) in [4.78, 5) is 8.89. The Kier molecular flexibility index (Phi) is 4.08. The molecular weight excluding hydrogens is 254 g/mol. The molecule has 0 saturated carbocycles. The summed E-state index contributed by atoms with van der Waals surface area (Å²) >= 11 is 0. The van der Waals surface area contributed by atoms with Crippen LogP contribution in [0, 0.1) is 6.92 Å². The van der Waals surface area contributed by atoms with E-state index in [2.05, 4.69) is 9.97 Å². The predicted molar refractivity (Wildman–Crippen MR) is 79.1 cm³/mol. The lowest BCUT2D eigenvalue weighted by molar-refractivity contribution is 0.355. The molecule has 0 atom stereocenters. The van der Waals surface area contributed by atoms with Crippen LogP contribution >= 0.6 is 0 Å². The zero-order valence-electron chi connectivity index (χ0n) is 12.2.